The van der Waals surface area contributed by atoms with E-state index in [-0.39, 0.29) is 11.3 Å². The highest BCUT2D eigenvalue weighted by Crippen LogP contribution is 2.41. The van der Waals surface area contributed by atoms with Crippen molar-refractivity contribution in [2.45, 2.75) is 19.4 Å². The number of methoxy groups -OCH3 is 2. The van der Waals surface area contributed by atoms with Crippen molar-refractivity contribution in [3.8, 4) is 11.5 Å². The molecule has 1 saturated heterocycles. The van der Waals surface area contributed by atoms with Gasteiger partial charge < -0.3 is 14.8 Å². The molecule has 1 aromatic rings. The highest BCUT2D eigenvalue weighted by molar-refractivity contribution is 5.51. The maximum absolute atomic E-state index is 13.8. The summed E-state index contributed by atoms with van der Waals surface area (Å²) in [5, 5.41) is 3.27. The van der Waals surface area contributed by atoms with Crippen LogP contribution < -0.4 is 14.8 Å². The van der Waals surface area contributed by atoms with E-state index in [2.05, 4.69) is 10.2 Å². The molecule has 2 rings (SSSR count). The maximum atomic E-state index is 13.8. The molecule has 0 aliphatic carbocycles. The highest BCUT2D eigenvalue weighted by atomic mass is 19.3. The van der Waals surface area contributed by atoms with E-state index in [1.165, 1.54) is 20.3 Å². The summed E-state index contributed by atoms with van der Waals surface area (Å²) >= 11 is 0. The molecule has 21 heavy (non-hydrogen) atoms. The Morgan fingerprint density at radius 2 is 1.86 bits per heavy atom. The molecule has 1 fully saturated rings. The molecule has 0 saturated carbocycles. The zero-order valence-electron chi connectivity index (χ0n) is 12.7. The van der Waals surface area contributed by atoms with E-state index in [1.807, 2.05) is 0 Å². The molecule has 0 aromatic heterocycles. The van der Waals surface area contributed by atoms with Crippen molar-refractivity contribution in [2.24, 2.45) is 0 Å². The number of hydrogen-bond acceptors (Lipinski definition) is 4. The summed E-state index contributed by atoms with van der Waals surface area (Å²) in [6.45, 7) is 5.16. The third-order valence-electron chi connectivity index (χ3n) is 3.63. The first kappa shape index (κ1) is 16.0. The van der Waals surface area contributed by atoms with E-state index in [9.17, 15) is 8.78 Å². The van der Waals surface area contributed by atoms with Gasteiger partial charge >= 0.3 is 0 Å². The SMILES string of the molecule is COc1cc(CN2CCNCC2)cc(C(C)(F)F)c1OC. The molecule has 1 heterocycles. The lowest BCUT2D eigenvalue weighted by atomic mass is 10.0. The minimum Gasteiger partial charge on any atom is -0.493 e. The van der Waals surface area contributed by atoms with Crippen molar-refractivity contribution in [3.63, 3.8) is 0 Å². The summed E-state index contributed by atoms with van der Waals surface area (Å²) in [6, 6.07) is 3.29. The van der Waals surface area contributed by atoms with Gasteiger partial charge in [0.1, 0.15) is 0 Å². The lowest BCUT2D eigenvalue weighted by Gasteiger charge is -2.28. The summed E-state index contributed by atoms with van der Waals surface area (Å²) in [5.41, 5.74) is 0.681. The molecule has 1 N–H and O–H groups in total. The molecule has 0 spiro atoms. The minimum atomic E-state index is -2.97. The Kier molecular flexibility index (Phi) is 5.00. The number of rotatable bonds is 5. The van der Waals surface area contributed by atoms with Crippen LogP contribution in [0.4, 0.5) is 8.78 Å². The molecular formula is C15H22F2N2O2. The largest absolute Gasteiger partial charge is 0.493 e. The lowest BCUT2D eigenvalue weighted by Crippen LogP contribution is -2.42. The number of alkyl halides is 2. The summed E-state index contributed by atoms with van der Waals surface area (Å²) in [6.07, 6.45) is 0. The topological polar surface area (TPSA) is 33.7 Å². The van der Waals surface area contributed by atoms with Gasteiger partial charge in [-0.05, 0) is 17.7 Å². The molecule has 0 unspecified atom stereocenters. The van der Waals surface area contributed by atoms with Crippen LogP contribution in [0.25, 0.3) is 0 Å². The van der Waals surface area contributed by atoms with Crippen LogP contribution >= 0.6 is 0 Å². The van der Waals surface area contributed by atoms with Crippen LogP contribution in [0.2, 0.25) is 0 Å². The molecule has 0 amide bonds. The van der Waals surface area contributed by atoms with Gasteiger partial charge in [-0.15, -0.1) is 0 Å². The summed E-state index contributed by atoms with van der Waals surface area (Å²) in [4.78, 5) is 2.23. The second-order valence-electron chi connectivity index (χ2n) is 5.29. The first-order valence-electron chi connectivity index (χ1n) is 7.02. The lowest BCUT2D eigenvalue weighted by molar-refractivity contribution is 0.0145. The fourth-order valence-corrected chi connectivity index (χ4v) is 2.57. The summed E-state index contributed by atoms with van der Waals surface area (Å²) in [5.74, 6) is -2.52. The summed E-state index contributed by atoms with van der Waals surface area (Å²) in [7, 11) is 2.84. The highest BCUT2D eigenvalue weighted by Gasteiger charge is 2.31. The molecule has 0 bridgehead atoms. The number of nitrogens with zero attached hydrogens (tertiary/aromatic N) is 1. The normalized spacial score (nSPS) is 16.8. The van der Waals surface area contributed by atoms with Crippen molar-refractivity contribution in [2.75, 3.05) is 40.4 Å². The van der Waals surface area contributed by atoms with Crippen molar-refractivity contribution in [1.82, 2.24) is 10.2 Å². The molecule has 4 nitrogen and oxygen atoms in total. The van der Waals surface area contributed by atoms with Crippen LogP contribution in [0.5, 0.6) is 11.5 Å². The van der Waals surface area contributed by atoms with Crippen molar-refractivity contribution >= 4 is 0 Å². The van der Waals surface area contributed by atoms with Gasteiger partial charge in [0.25, 0.3) is 5.92 Å². The second kappa shape index (κ2) is 6.58. The standard InChI is InChI=1S/C15H22F2N2O2/c1-15(16,17)12-8-11(9-13(20-2)14(12)21-3)10-19-6-4-18-5-7-19/h8-9,18H,4-7,10H2,1-3H3. The van der Waals surface area contributed by atoms with Crippen LogP contribution in [0, 0.1) is 0 Å². The predicted molar refractivity (Wildman–Crippen MR) is 77.3 cm³/mol. The molecule has 1 aliphatic heterocycles. The number of piperazine rings is 1. The number of hydrogen-bond donors (Lipinski definition) is 1. The fraction of sp³-hybridized carbons (Fsp3) is 0.600. The zero-order valence-corrected chi connectivity index (χ0v) is 12.7. The molecule has 1 aliphatic rings. The van der Waals surface area contributed by atoms with Crippen LogP contribution in [-0.2, 0) is 12.5 Å². The Balaban J connectivity index is 2.33. The van der Waals surface area contributed by atoms with E-state index in [0.29, 0.717) is 12.3 Å². The van der Waals surface area contributed by atoms with Gasteiger partial charge in [-0.25, -0.2) is 8.78 Å². The van der Waals surface area contributed by atoms with Crippen molar-refractivity contribution in [3.05, 3.63) is 23.3 Å². The molecule has 0 atom stereocenters. The Labute approximate surface area is 124 Å². The molecule has 6 heteroatoms. The van der Waals surface area contributed by atoms with Gasteiger partial charge in [-0.1, -0.05) is 0 Å². The average molecular weight is 300 g/mol. The third-order valence-corrected chi connectivity index (χ3v) is 3.63. The van der Waals surface area contributed by atoms with E-state index in [4.69, 9.17) is 9.47 Å². The Bertz CT molecular complexity index is 483. The fourth-order valence-electron chi connectivity index (χ4n) is 2.57. The molecular weight excluding hydrogens is 278 g/mol. The zero-order chi connectivity index (χ0) is 15.5. The quantitative estimate of drug-likeness (QED) is 0.904. The number of halogens is 2. The number of benzene rings is 1. The van der Waals surface area contributed by atoms with Crippen LogP contribution in [0.15, 0.2) is 12.1 Å². The van der Waals surface area contributed by atoms with E-state index in [0.717, 1.165) is 38.7 Å². The second-order valence-corrected chi connectivity index (χ2v) is 5.29. The van der Waals surface area contributed by atoms with Gasteiger partial charge in [0.2, 0.25) is 0 Å². The maximum Gasteiger partial charge on any atom is 0.274 e. The Morgan fingerprint density at radius 3 is 2.38 bits per heavy atom. The van der Waals surface area contributed by atoms with E-state index < -0.39 is 5.92 Å². The average Bonchev–Trinajstić information content (AvgIpc) is 2.46. The minimum absolute atomic E-state index is 0.106. The van der Waals surface area contributed by atoms with Crippen LogP contribution in [0.1, 0.15) is 18.1 Å². The first-order valence-corrected chi connectivity index (χ1v) is 7.02. The van der Waals surface area contributed by atoms with Gasteiger partial charge in [0, 0.05) is 39.6 Å². The van der Waals surface area contributed by atoms with Crippen molar-refractivity contribution in [1.29, 1.82) is 0 Å². The smallest absolute Gasteiger partial charge is 0.274 e. The van der Waals surface area contributed by atoms with Crippen LogP contribution in [-0.4, -0.2) is 45.3 Å². The van der Waals surface area contributed by atoms with Gasteiger partial charge in [-0.2, -0.15) is 0 Å². The summed E-state index contributed by atoms with van der Waals surface area (Å²) < 4.78 is 38.0. The van der Waals surface area contributed by atoms with Crippen LogP contribution in [0.3, 0.4) is 0 Å². The van der Waals surface area contributed by atoms with Gasteiger partial charge in [0.05, 0.1) is 19.8 Å². The molecule has 118 valence electrons. The predicted octanol–water partition coefficient (Wildman–Crippen LogP) is 2.22. The molecule has 0 radical (unpaired) electrons. The number of ether oxygens (including phenoxy) is 2. The van der Waals surface area contributed by atoms with E-state index >= 15 is 0 Å². The van der Waals surface area contributed by atoms with Crippen molar-refractivity contribution < 1.29 is 18.3 Å². The molecule has 1 aromatic carbocycles. The number of nitrogens with one attached hydrogen (secondary N) is 1. The van der Waals surface area contributed by atoms with Gasteiger partial charge in [0.15, 0.2) is 11.5 Å². The van der Waals surface area contributed by atoms with E-state index in [1.54, 1.807) is 6.07 Å². The Morgan fingerprint density at radius 1 is 1.19 bits per heavy atom. The monoisotopic (exact) mass is 300 g/mol. The third kappa shape index (κ3) is 3.83. The van der Waals surface area contributed by atoms with Gasteiger partial charge in [-0.3, -0.25) is 4.90 Å². The Hall–Kier alpha value is -1.40. The first-order chi connectivity index (χ1) is 9.95.